The van der Waals surface area contributed by atoms with E-state index in [9.17, 15) is 35.4 Å². The van der Waals surface area contributed by atoms with Crippen molar-refractivity contribution in [2.75, 3.05) is 7.11 Å². The van der Waals surface area contributed by atoms with Crippen molar-refractivity contribution in [3.8, 4) is 0 Å². The molecule has 24 heavy (non-hydrogen) atoms. The summed E-state index contributed by atoms with van der Waals surface area (Å²) in [7, 11) is -7.52. The zero-order chi connectivity index (χ0) is 18.3. The molecule has 1 aliphatic heterocycles. The van der Waals surface area contributed by atoms with Gasteiger partial charge < -0.3 is 8.92 Å². The van der Waals surface area contributed by atoms with E-state index >= 15 is 0 Å². The Morgan fingerprint density at radius 1 is 1.38 bits per heavy atom. The summed E-state index contributed by atoms with van der Waals surface area (Å²) in [6, 6.07) is 0. The van der Waals surface area contributed by atoms with E-state index in [0.29, 0.717) is 0 Å². The number of fused-ring (bicyclic) bond motifs is 1. The van der Waals surface area contributed by atoms with Gasteiger partial charge in [-0.05, 0) is 6.08 Å². The number of rotatable bonds is 3. The number of hydrogen-bond acceptors (Lipinski definition) is 7. The van der Waals surface area contributed by atoms with Crippen molar-refractivity contribution in [1.29, 1.82) is 0 Å². The maximum atomic E-state index is 12.5. The standard InChI is InChI=1S/C11H8F3NO7S2/c1-21-10(17)7-8(22-24(19,20)11(12,13)14)5-3-2-4-6(16)9(5)23(18)15-7/h2-4,9,15H,1H3. The van der Waals surface area contributed by atoms with Gasteiger partial charge in [-0.15, -0.1) is 0 Å². The molecule has 132 valence electrons. The number of methoxy groups -OCH3 is 1. The second kappa shape index (κ2) is 6.05. The third kappa shape index (κ3) is 3.08. The van der Waals surface area contributed by atoms with Gasteiger partial charge in [-0.3, -0.25) is 9.52 Å². The summed E-state index contributed by atoms with van der Waals surface area (Å²) >= 11 is 0. The van der Waals surface area contributed by atoms with Crippen molar-refractivity contribution < 1.29 is 44.3 Å². The lowest BCUT2D eigenvalue weighted by Gasteiger charge is -2.28. The fourth-order valence-corrected chi connectivity index (χ4v) is 3.52. The predicted molar refractivity (Wildman–Crippen MR) is 72.4 cm³/mol. The third-order valence-corrected chi connectivity index (χ3v) is 5.12. The first-order chi connectivity index (χ1) is 11.0. The van der Waals surface area contributed by atoms with E-state index < -0.39 is 60.6 Å². The van der Waals surface area contributed by atoms with Crippen LogP contribution in [-0.4, -0.2) is 42.2 Å². The minimum Gasteiger partial charge on any atom is -0.464 e. The molecule has 0 aromatic carbocycles. The highest BCUT2D eigenvalue weighted by Crippen LogP contribution is 2.35. The summed E-state index contributed by atoms with van der Waals surface area (Å²) < 4.78 is 82.4. The van der Waals surface area contributed by atoms with Gasteiger partial charge in [0.2, 0.25) is 0 Å². The smallest absolute Gasteiger partial charge is 0.464 e. The van der Waals surface area contributed by atoms with Crippen LogP contribution in [0.4, 0.5) is 13.2 Å². The van der Waals surface area contributed by atoms with Crippen LogP contribution >= 0.6 is 0 Å². The average Bonchev–Trinajstić information content (AvgIpc) is 2.47. The van der Waals surface area contributed by atoms with Crippen LogP contribution in [0.15, 0.2) is 35.3 Å². The summed E-state index contributed by atoms with van der Waals surface area (Å²) in [6.45, 7) is 0. The van der Waals surface area contributed by atoms with E-state index in [2.05, 4.69) is 8.92 Å². The van der Waals surface area contributed by atoms with Crippen molar-refractivity contribution in [3.05, 3.63) is 35.3 Å². The maximum Gasteiger partial charge on any atom is 0.534 e. The van der Waals surface area contributed by atoms with E-state index in [4.69, 9.17) is 0 Å². The zero-order valence-corrected chi connectivity index (χ0v) is 13.3. The molecule has 2 aliphatic rings. The lowest BCUT2D eigenvalue weighted by atomic mass is 10.0. The van der Waals surface area contributed by atoms with Gasteiger partial charge in [-0.1, -0.05) is 12.2 Å². The van der Waals surface area contributed by atoms with Gasteiger partial charge in [-0.2, -0.15) is 21.6 Å². The van der Waals surface area contributed by atoms with Crippen LogP contribution in [0.2, 0.25) is 0 Å². The number of allylic oxidation sites excluding steroid dienone is 4. The first-order valence-corrected chi connectivity index (χ1v) is 8.54. The summed E-state index contributed by atoms with van der Waals surface area (Å²) in [6.07, 6.45) is 3.11. The molecule has 0 bridgehead atoms. The Morgan fingerprint density at radius 2 is 2.00 bits per heavy atom. The molecule has 0 aromatic rings. The van der Waals surface area contributed by atoms with Crippen LogP contribution in [0.25, 0.3) is 0 Å². The zero-order valence-electron chi connectivity index (χ0n) is 11.6. The lowest BCUT2D eigenvalue weighted by molar-refractivity contribution is -0.136. The van der Waals surface area contributed by atoms with E-state index in [1.54, 1.807) is 0 Å². The Labute approximate surface area is 135 Å². The van der Waals surface area contributed by atoms with E-state index in [-0.39, 0.29) is 0 Å². The number of hydrogen-bond donors (Lipinski definition) is 1. The largest absolute Gasteiger partial charge is 0.534 e. The molecular formula is C11H8F3NO7S2. The van der Waals surface area contributed by atoms with Crippen LogP contribution in [0.5, 0.6) is 0 Å². The van der Waals surface area contributed by atoms with Gasteiger partial charge in [0.05, 0.1) is 7.11 Å². The van der Waals surface area contributed by atoms with Crippen LogP contribution in [-0.2, 0) is 39.6 Å². The van der Waals surface area contributed by atoms with Crippen molar-refractivity contribution in [2.24, 2.45) is 0 Å². The Balaban J connectivity index is 2.65. The van der Waals surface area contributed by atoms with Crippen molar-refractivity contribution in [3.63, 3.8) is 0 Å². The Morgan fingerprint density at radius 3 is 2.54 bits per heavy atom. The van der Waals surface area contributed by atoms with Gasteiger partial charge in [0.25, 0.3) is 0 Å². The molecule has 8 nitrogen and oxygen atoms in total. The summed E-state index contributed by atoms with van der Waals surface area (Å²) in [4.78, 5) is 23.4. The lowest BCUT2D eigenvalue weighted by Crippen LogP contribution is -2.44. The van der Waals surface area contributed by atoms with E-state index in [1.165, 1.54) is 0 Å². The van der Waals surface area contributed by atoms with Crippen molar-refractivity contribution >= 4 is 32.9 Å². The summed E-state index contributed by atoms with van der Waals surface area (Å²) in [5.41, 5.74) is -7.13. The number of halogens is 3. The molecule has 0 aromatic heterocycles. The number of ketones is 1. The number of nitrogens with one attached hydrogen (secondary N) is 1. The Kier molecular flexibility index (Phi) is 4.59. The molecule has 1 aliphatic carbocycles. The monoisotopic (exact) mass is 387 g/mol. The molecule has 0 amide bonds. The van der Waals surface area contributed by atoms with Crippen LogP contribution in [0.1, 0.15) is 0 Å². The van der Waals surface area contributed by atoms with Crippen molar-refractivity contribution in [2.45, 2.75) is 10.8 Å². The fourth-order valence-electron chi connectivity index (χ4n) is 1.82. The minimum atomic E-state index is -6.14. The normalized spacial score (nSPS) is 24.0. The molecule has 0 saturated carbocycles. The van der Waals surface area contributed by atoms with Gasteiger partial charge in [-0.25, -0.2) is 9.00 Å². The van der Waals surface area contributed by atoms with E-state index in [1.807, 2.05) is 4.72 Å². The molecule has 1 heterocycles. The number of carbonyl (C=O) groups is 2. The summed E-state index contributed by atoms with van der Waals surface area (Å²) in [5, 5.41) is -1.53. The molecular weight excluding hydrogens is 379 g/mol. The number of alkyl halides is 3. The third-order valence-electron chi connectivity index (χ3n) is 2.85. The summed E-state index contributed by atoms with van der Waals surface area (Å²) in [5.74, 6) is -3.19. The maximum absolute atomic E-state index is 12.5. The molecule has 0 saturated heterocycles. The number of esters is 1. The molecule has 2 unspecified atom stereocenters. The number of ether oxygens (including phenoxy) is 1. The van der Waals surface area contributed by atoms with Crippen LogP contribution in [0, 0.1) is 0 Å². The van der Waals surface area contributed by atoms with Crippen LogP contribution in [0.3, 0.4) is 0 Å². The Bertz CT molecular complexity index is 823. The van der Waals surface area contributed by atoms with Crippen molar-refractivity contribution in [1.82, 2.24) is 4.72 Å². The predicted octanol–water partition coefficient (Wildman–Crippen LogP) is -0.0620. The first kappa shape index (κ1) is 18.2. The highest BCUT2D eigenvalue weighted by molar-refractivity contribution is 7.87. The van der Waals surface area contributed by atoms with E-state index in [0.717, 1.165) is 25.3 Å². The fraction of sp³-hybridized carbons (Fsp3) is 0.273. The minimum absolute atomic E-state index is 0.451. The molecule has 2 rings (SSSR count). The SMILES string of the molecule is COC(=O)C1=C(OS(=O)(=O)C(F)(F)F)C2=CC=CC(=O)C2S(=O)N1. The molecule has 1 N–H and O–H groups in total. The van der Waals surface area contributed by atoms with Gasteiger partial charge >= 0.3 is 21.6 Å². The molecule has 2 atom stereocenters. The molecule has 13 heteroatoms. The number of carbonyl (C=O) groups excluding carboxylic acids is 2. The molecule has 0 spiro atoms. The second-order valence-electron chi connectivity index (χ2n) is 4.34. The second-order valence-corrected chi connectivity index (χ2v) is 7.15. The first-order valence-electron chi connectivity index (χ1n) is 5.92. The van der Waals surface area contributed by atoms with Gasteiger partial charge in [0.1, 0.15) is 16.2 Å². The average molecular weight is 387 g/mol. The highest BCUT2D eigenvalue weighted by atomic mass is 32.2. The molecule has 0 radical (unpaired) electrons. The Hall–Kier alpha value is -2.15. The quantitative estimate of drug-likeness (QED) is 0.410. The van der Waals surface area contributed by atoms with Crippen LogP contribution < -0.4 is 4.72 Å². The topological polar surface area (TPSA) is 116 Å². The molecule has 0 fully saturated rings. The highest BCUT2D eigenvalue weighted by Gasteiger charge is 2.51. The van der Waals surface area contributed by atoms with Gasteiger partial charge in [0.15, 0.2) is 17.2 Å². The van der Waals surface area contributed by atoms with Gasteiger partial charge in [0, 0.05) is 5.57 Å².